The smallest absolute Gasteiger partial charge is 0.275 e. The van der Waals surface area contributed by atoms with Crippen LogP contribution in [0.2, 0.25) is 0 Å². The number of hydrogen-bond acceptors (Lipinski definition) is 5. The number of nitrogens with zero attached hydrogens (tertiary/aromatic N) is 2. The molecule has 0 saturated carbocycles. The first kappa shape index (κ1) is 17.2. The first-order chi connectivity index (χ1) is 12.5. The summed E-state index contributed by atoms with van der Waals surface area (Å²) in [5, 5.41) is 20.4. The Morgan fingerprint density at radius 1 is 1.19 bits per heavy atom. The summed E-state index contributed by atoms with van der Waals surface area (Å²) < 4.78 is 5.03. The summed E-state index contributed by atoms with van der Waals surface area (Å²) in [6.45, 7) is 1.99. The van der Waals surface area contributed by atoms with E-state index in [0.717, 1.165) is 11.1 Å². The number of benzene rings is 2. The Kier molecular flexibility index (Phi) is 4.66. The monoisotopic (exact) mass is 352 g/mol. The third-order valence-corrected chi connectivity index (χ3v) is 3.77. The predicted octanol–water partition coefficient (Wildman–Crippen LogP) is 3.55. The minimum atomic E-state index is -0.552. The van der Waals surface area contributed by atoms with Crippen molar-refractivity contribution in [3.8, 4) is 17.0 Å². The number of non-ortho nitro benzene ring substituents is 1. The van der Waals surface area contributed by atoms with Gasteiger partial charge in [0.2, 0.25) is 0 Å². The van der Waals surface area contributed by atoms with Crippen LogP contribution in [0.5, 0.6) is 5.75 Å². The summed E-state index contributed by atoms with van der Waals surface area (Å²) in [5.41, 5.74) is 2.96. The lowest BCUT2D eigenvalue weighted by atomic mass is 10.1. The molecule has 3 rings (SSSR count). The van der Waals surface area contributed by atoms with Crippen molar-refractivity contribution >= 4 is 17.3 Å². The number of amides is 1. The van der Waals surface area contributed by atoms with Crippen molar-refractivity contribution in [3.05, 3.63) is 69.9 Å². The van der Waals surface area contributed by atoms with E-state index in [1.165, 1.54) is 25.3 Å². The molecule has 8 nitrogen and oxygen atoms in total. The highest BCUT2D eigenvalue weighted by molar-refractivity contribution is 6.03. The fourth-order valence-electron chi connectivity index (χ4n) is 2.39. The number of aromatic amines is 1. The van der Waals surface area contributed by atoms with Gasteiger partial charge in [-0.1, -0.05) is 29.8 Å². The van der Waals surface area contributed by atoms with Gasteiger partial charge in [0.15, 0.2) is 0 Å². The standard InChI is InChI=1S/C18H16N4O4/c1-11-3-5-12(6-4-11)16-10-17(21-20-16)18(23)19-13-7-14(22(24)25)9-15(8-13)26-2/h3-10H,1-2H3,(H,19,23)(H,20,21). The van der Waals surface area contributed by atoms with Crippen LogP contribution in [-0.2, 0) is 0 Å². The molecule has 2 aromatic carbocycles. The highest BCUT2D eigenvalue weighted by Gasteiger charge is 2.15. The van der Waals surface area contributed by atoms with Crippen molar-refractivity contribution in [2.75, 3.05) is 12.4 Å². The van der Waals surface area contributed by atoms with Gasteiger partial charge in [-0.15, -0.1) is 0 Å². The van der Waals surface area contributed by atoms with Crippen LogP contribution in [0.4, 0.5) is 11.4 Å². The third-order valence-electron chi connectivity index (χ3n) is 3.77. The van der Waals surface area contributed by atoms with Gasteiger partial charge in [0, 0.05) is 17.7 Å². The first-order valence-electron chi connectivity index (χ1n) is 7.73. The van der Waals surface area contributed by atoms with E-state index in [0.29, 0.717) is 5.69 Å². The zero-order chi connectivity index (χ0) is 18.7. The predicted molar refractivity (Wildman–Crippen MR) is 96.4 cm³/mol. The number of nitro groups is 1. The fraction of sp³-hybridized carbons (Fsp3) is 0.111. The van der Waals surface area contributed by atoms with Crippen LogP contribution in [0.25, 0.3) is 11.3 Å². The number of ether oxygens (including phenoxy) is 1. The topological polar surface area (TPSA) is 110 Å². The van der Waals surface area contributed by atoms with Crippen molar-refractivity contribution in [3.63, 3.8) is 0 Å². The van der Waals surface area contributed by atoms with E-state index in [4.69, 9.17) is 4.74 Å². The fourth-order valence-corrected chi connectivity index (χ4v) is 2.39. The number of anilines is 1. The third kappa shape index (κ3) is 3.69. The Balaban J connectivity index is 1.81. The zero-order valence-electron chi connectivity index (χ0n) is 14.1. The van der Waals surface area contributed by atoms with Crippen molar-refractivity contribution in [1.82, 2.24) is 10.2 Å². The zero-order valence-corrected chi connectivity index (χ0v) is 14.1. The van der Waals surface area contributed by atoms with Gasteiger partial charge in [0.25, 0.3) is 11.6 Å². The second kappa shape index (κ2) is 7.06. The van der Waals surface area contributed by atoms with Gasteiger partial charge in [-0.25, -0.2) is 0 Å². The summed E-state index contributed by atoms with van der Waals surface area (Å²) >= 11 is 0. The number of aryl methyl sites for hydroxylation is 1. The molecule has 0 bridgehead atoms. The molecule has 132 valence electrons. The molecule has 0 aliphatic heterocycles. The number of nitrogens with one attached hydrogen (secondary N) is 2. The summed E-state index contributed by atoms with van der Waals surface area (Å²) in [6, 6.07) is 13.4. The lowest BCUT2D eigenvalue weighted by Crippen LogP contribution is -2.12. The number of rotatable bonds is 5. The molecule has 1 amide bonds. The minimum Gasteiger partial charge on any atom is -0.496 e. The van der Waals surface area contributed by atoms with E-state index >= 15 is 0 Å². The summed E-state index contributed by atoms with van der Waals surface area (Å²) in [7, 11) is 1.40. The van der Waals surface area contributed by atoms with Crippen molar-refractivity contribution < 1.29 is 14.5 Å². The van der Waals surface area contributed by atoms with E-state index in [2.05, 4.69) is 15.5 Å². The lowest BCUT2D eigenvalue weighted by Gasteiger charge is -2.06. The molecule has 1 heterocycles. The van der Waals surface area contributed by atoms with Gasteiger partial charge in [0.05, 0.1) is 29.5 Å². The normalized spacial score (nSPS) is 10.4. The van der Waals surface area contributed by atoms with Gasteiger partial charge in [0.1, 0.15) is 11.4 Å². The van der Waals surface area contributed by atoms with Crippen molar-refractivity contribution in [1.29, 1.82) is 0 Å². The molecule has 0 fully saturated rings. The molecule has 0 spiro atoms. The lowest BCUT2D eigenvalue weighted by molar-refractivity contribution is -0.384. The molecule has 0 saturated heterocycles. The van der Waals surface area contributed by atoms with Gasteiger partial charge in [-0.2, -0.15) is 5.10 Å². The van der Waals surface area contributed by atoms with Crippen LogP contribution >= 0.6 is 0 Å². The molecule has 3 aromatic rings. The maximum absolute atomic E-state index is 12.4. The molecule has 1 aromatic heterocycles. The van der Waals surface area contributed by atoms with Crippen LogP contribution in [0.3, 0.4) is 0 Å². The Morgan fingerprint density at radius 2 is 1.92 bits per heavy atom. The van der Waals surface area contributed by atoms with E-state index < -0.39 is 10.8 Å². The van der Waals surface area contributed by atoms with E-state index in [9.17, 15) is 14.9 Å². The second-order valence-electron chi connectivity index (χ2n) is 5.66. The minimum absolute atomic E-state index is 0.176. The van der Waals surface area contributed by atoms with Crippen LogP contribution in [-0.4, -0.2) is 28.1 Å². The van der Waals surface area contributed by atoms with E-state index in [-0.39, 0.29) is 22.8 Å². The highest BCUT2D eigenvalue weighted by atomic mass is 16.6. The molecule has 0 unspecified atom stereocenters. The van der Waals surface area contributed by atoms with E-state index in [1.54, 1.807) is 6.07 Å². The maximum Gasteiger partial charge on any atom is 0.275 e. The second-order valence-corrected chi connectivity index (χ2v) is 5.66. The number of nitro benzene ring substituents is 1. The van der Waals surface area contributed by atoms with Crippen LogP contribution < -0.4 is 10.1 Å². The number of carbonyl (C=O) groups is 1. The molecule has 8 heteroatoms. The average Bonchev–Trinajstić information content (AvgIpc) is 3.12. The molecular weight excluding hydrogens is 336 g/mol. The molecule has 0 atom stereocenters. The van der Waals surface area contributed by atoms with Crippen molar-refractivity contribution in [2.45, 2.75) is 6.92 Å². The summed E-state index contributed by atoms with van der Waals surface area (Å²) in [6.07, 6.45) is 0. The Bertz CT molecular complexity index is 964. The number of hydrogen-bond donors (Lipinski definition) is 2. The molecule has 2 N–H and O–H groups in total. The molecule has 0 aliphatic rings. The van der Waals surface area contributed by atoms with Crippen LogP contribution in [0, 0.1) is 17.0 Å². The first-order valence-corrected chi connectivity index (χ1v) is 7.73. The number of aromatic nitrogens is 2. The molecule has 26 heavy (non-hydrogen) atoms. The number of methoxy groups -OCH3 is 1. The molecule has 0 radical (unpaired) electrons. The summed E-state index contributed by atoms with van der Waals surface area (Å²) in [4.78, 5) is 22.8. The highest BCUT2D eigenvalue weighted by Crippen LogP contribution is 2.26. The van der Waals surface area contributed by atoms with Gasteiger partial charge >= 0.3 is 0 Å². The number of H-pyrrole nitrogens is 1. The van der Waals surface area contributed by atoms with E-state index in [1.807, 2.05) is 31.2 Å². The largest absolute Gasteiger partial charge is 0.496 e. The quantitative estimate of drug-likeness (QED) is 0.539. The Hall–Kier alpha value is -3.68. The van der Waals surface area contributed by atoms with Gasteiger partial charge in [-0.3, -0.25) is 20.0 Å². The average molecular weight is 352 g/mol. The van der Waals surface area contributed by atoms with Gasteiger partial charge < -0.3 is 10.1 Å². The Labute approximate surface area is 149 Å². The van der Waals surface area contributed by atoms with Gasteiger partial charge in [-0.05, 0) is 13.0 Å². The molecular formula is C18H16N4O4. The SMILES string of the molecule is COc1cc(NC(=O)c2cc(-c3ccc(C)cc3)n[nH]2)cc([N+](=O)[O-])c1. The number of carbonyl (C=O) groups excluding carboxylic acids is 1. The van der Waals surface area contributed by atoms with Crippen LogP contribution in [0.1, 0.15) is 16.1 Å². The summed E-state index contributed by atoms with van der Waals surface area (Å²) in [5.74, 6) is -0.183. The van der Waals surface area contributed by atoms with Crippen molar-refractivity contribution in [2.24, 2.45) is 0 Å². The Morgan fingerprint density at radius 3 is 2.58 bits per heavy atom. The molecule has 0 aliphatic carbocycles. The van der Waals surface area contributed by atoms with Crippen LogP contribution in [0.15, 0.2) is 48.5 Å². The maximum atomic E-state index is 12.4.